The Kier molecular flexibility index (Phi) is 2.23. The summed E-state index contributed by atoms with van der Waals surface area (Å²) in [4.78, 5) is 3.70. The van der Waals surface area contributed by atoms with Crippen LogP contribution in [0.3, 0.4) is 0 Å². The molecular formula is C8H13NO3S. The Labute approximate surface area is 77.9 Å². The van der Waals surface area contributed by atoms with Crippen molar-refractivity contribution in [3.63, 3.8) is 0 Å². The second kappa shape index (κ2) is 2.83. The number of sulfone groups is 1. The fourth-order valence-corrected chi connectivity index (χ4v) is 1.92. The lowest BCUT2D eigenvalue weighted by Crippen LogP contribution is -2.14. The third-order valence-electron chi connectivity index (χ3n) is 1.57. The van der Waals surface area contributed by atoms with Crippen molar-refractivity contribution < 1.29 is 12.8 Å². The highest BCUT2D eigenvalue weighted by atomic mass is 32.2. The molecule has 74 valence electrons. The van der Waals surface area contributed by atoms with Crippen LogP contribution in [-0.4, -0.2) is 19.7 Å². The lowest BCUT2D eigenvalue weighted by molar-refractivity contribution is 0.397. The van der Waals surface area contributed by atoms with Crippen LogP contribution >= 0.6 is 0 Å². The Bertz CT molecular complexity index is 397. The quantitative estimate of drug-likeness (QED) is 0.691. The summed E-state index contributed by atoms with van der Waals surface area (Å²) < 4.78 is 27.5. The fraction of sp³-hybridized carbons (Fsp3) is 0.625. The van der Waals surface area contributed by atoms with E-state index in [1.165, 1.54) is 0 Å². The maximum absolute atomic E-state index is 11.2. The van der Waals surface area contributed by atoms with Gasteiger partial charge in [-0.05, 0) is 0 Å². The van der Waals surface area contributed by atoms with Gasteiger partial charge in [0.15, 0.2) is 21.3 Å². The van der Waals surface area contributed by atoms with Gasteiger partial charge in [-0.2, -0.15) is 0 Å². The van der Waals surface area contributed by atoms with E-state index < -0.39 is 9.84 Å². The fourth-order valence-electron chi connectivity index (χ4n) is 0.998. The summed E-state index contributed by atoms with van der Waals surface area (Å²) in [5.41, 5.74) is -0.338. The smallest absolute Gasteiger partial charge is 0.197 e. The van der Waals surface area contributed by atoms with Gasteiger partial charge in [0.2, 0.25) is 0 Å². The van der Waals surface area contributed by atoms with Gasteiger partial charge in [0, 0.05) is 11.7 Å². The van der Waals surface area contributed by atoms with Crippen molar-refractivity contribution in [1.82, 2.24) is 4.98 Å². The highest BCUT2D eigenvalue weighted by molar-refractivity contribution is 7.90. The summed E-state index contributed by atoms with van der Waals surface area (Å²) in [7, 11) is -3.28. The maximum atomic E-state index is 11.2. The Morgan fingerprint density at radius 2 is 1.92 bits per heavy atom. The van der Waals surface area contributed by atoms with Gasteiger partial charge in [-0.3, -0.25) is 0 Å². The molecule has 0 aliphatic rings. The van der Waals surface area contributed by atoms with Crippen molar-refractivity contribution in [2.75, 3.05) is 6.26 Å². The Morgan fingerprint density at radius 1 is 1.38 bits per heavy atom. The summed E-state index contributed by atoms with van der Waals surface area (Å²) in [6, 6.07) is 0. The van der Waals surface area contributed by atoms with Gasteiger partial charge in [0.1, 0.15) is 5.76 Å². The predicted octanol–water partition coefficient (Wildman–Crippen LogP) is 1.38. The van der Waals surface area contributed by atoms with Crippen molar-refractivity contribution in [2.45, 2.75) is 31.2 Å². The molecule has 0 aromatic carbocycles. The molecule has 1 aromatic heterocycles. The SMILES string of the molecule is CC(C)(C)c1ocnc1S(C)(=O)=O. The van der Waals surface area contributed by atoms with E-state index in [0.29, 0.717) is 5.76 Å². The van der Waals surface area contributed by atoms with Crippen LogP contribution < -0.4 is 0 Å². The number of rotatable bonds is 1. The monoisotopic (exact) mass is 203 g/mol. The van der Waals surface area contributed by atoms with Crippen molar-refractivity contribution in [3.05, 3.63) is 12.2 Å². The van der Waals surface area contributed by atoms with E-state index in [0.717, 1.165) is 12.6 Å². The van der Waals surface area contributed by atoms with Gasteiger partial charge in [-0.15, -0.1) is 0 Å². The van der Waals surface area contributed by atoms with Crippen molar-refractivity contribution in [1.29, 1.82) is 0 Å². The lowest BCUT2D eigenvalue weighted by Gasteiger charge is -2.15. The van der Waals surface area contributed by atoms with Crippen LogP contribution in [0.25, 0.3) is 0 Å². The van der Waals surface area contributed by atoms with E-state index in [-0.39, 0.29) is 10.4 Å². The molecule has 0 aliphatic carbocycles. The molecule has 0 bridgehead atoms. The van der Waals surface area contributed by atoms with Crippen LogP contribution in [0.1, 0.15) is 26.5 Å². The average Bonchev–Trinajstić information content (AvgIpc) is 2.27. The van der Waals surface area contributed by atoms with Gasteiger partial charge in [0.25, 0.3) is 0 Å². The number of hydrogen-bond donors (Lipinski definition) is 0. The van der Waals surface area contributed by atoms with Crippen LogP contribution in [0.5, 0.6) is 0 Å². The molecule has 5 heteroatoms. The Hall–Kier alpha value is -0.840. The van der Waals surface area contributed by atoms with E-state index in [4.69, 9.17) is 4.42 Å². The summed E-state index contributed by atoms with van der Waals surface area (Å²) in [6.45, 7) is 5.63. The zero-order chi connectivity index (χ0) is 10.3. The molecule has 0 fully saturated rings. The number of hydrogen-bond acceptors (Lipinski definition) is 4. The lowest BCUT2D eigenvalue weighted by atomic mass is 9.94. The van der Waals surface area contributed by atoms with Crippen LogP contribution in [0.15, 0.2) is 15.8 Å². The highest BCUT2D eigenvalue weighted by Gasteiger charge is 2.28. The van der Waals surface area contributed by atoms with Crippen LogP contribution in [-0.2, 0) is 15.3 Å². The minimum absolute atomic E-state index is 0.0417. The van der Waals surface area contributed by atoms with E-state index in [1.807, 2.05) is 20.8 Å². The highest BCUT2D eigenvalue weighted by Crippen LogP contribution is 2.27. The van der Waals surface area contributed by atoms with Gasteiger partial charge in [0.05, 0.1) is 0 Å². The van der Waals surface area contributed by atoms with Gasteiger partial charge in [-0.25, -0.2) is 13.4 Å². The first-order chi connectivity index (χ1) is 5.73. The maximum Gasteiger partial charge on any atom is 0.197 e. The van der Waals surface area contributed by atoms with E-state index in [9.17, 15) is 8.42 Å². The number of aromatic nitrogens is 1. The first-order valence-electron chi connectivity index (χ1n) is 3.87. The topological polar surface area (TPSA) is 60.2 Å². The van der Waals surface area contributed by atoms with Gasteiger partial charge >= 0.3 is 0 Å². The van der Waals surface area contributed by atoms with Crippen LogP contribution in [0.4, 0.5) is 0 Å². The molecular weight excluding hydrogens is 190 g/mol. The van der Waals surface area contributed by atoms with Crippen LogP contribution in [0, 0.1) is 0 Å². The van der Waals surface area contributed by atoms with Gasteiger partial charge in [-0.1, -0.05) is 20.8 Å². The van der Waals surface area contributed by atoms with Crippen molar-refractivity contribution in [3.8, 4) is 0 Å². The molecule has 0 radical (unpaired) electrons. The third-order valence-corrected chi connectivity index (χ3v) is 2.56. The molecule has 0 atom stereocenters. The first kappa shape index (κ1) is 10.2. The first-order valence-corrected chi connectivity index (χ1v) is 5.76. The normalized spacial score (nSPS) is 13.2. The van der Waals surface area contributed by atoms with Crippen LogP contribution in [0.2, 0.25) is 0 Å². The molecule has 0 amide bonds. The minimum atomic E-state index is -3.28. The Morgan fingerprint density at radius 3 is 2.23 bits per heavy atom. The molecule has 0 unspecified atom stereocenters. The molecule has 0 saturated heterocycles. The molecule has 0 spiro atoms. The zero-order valence-corrected chi connectivity index (χ0v) is 8.97. The molecule has 0 aliphatic heterocycles. The molecule has 1 aromatic rings. The Balaban J connectivity index is 3.35. The summed E-state index contributed by atoms with van der Waals surface area (Å²) >= 11 is 0. The summed E-state index contributed by atoms with van der Waals surface area (Å²) in [5.74, 6) is 0.412. The third kappa shape index (κ3) is 2.09. The van der Waals surface area contributed by atoms with E-state index in [1.54, 1.807) is 0 Å². The number of oxazole rings is 1. The second-order valence-electron chi connectivity index (χ2n) is 4.01. The molecule has 13 heavy (non-hydrogen) atoms. The standard InChI is InChI=1S/C8H13NO3S/c1-8(2,3)6-7(9-5-12-6)13(4,10)11/h5H,1-4H3. The second-order valence-corrected chi connectivity index (χ2v) is 5.94. The molecule has 1 rings (SSSR count). The number of nitrogens with zero attached hydrogens (tertiary/aromatic N) is 1. The van der Waals surface area contributed by atoms with E-state index >= 15 is 0 Å². The van der Waals surface area contributed by atoms with Gasteiger partial charge < -0.3 is 4.42 Å². The molecule has 4 nitrogen and oxygen atoms in total. The average molecular weight is 203 g/mol. The van der Waals surface area contributed by atoms with E-state index in [2.05, 4.69) is 4.98 Å². The molecule has 0 saturated carbocycles. The summed E-state index contributed by atoms with van der Waals surface area (Å²) in [5, 5.41) is 0.0417. The largest absolute Gasteiger partial charge is 0.447 e. The van der Waals surface area contributed by atoms with Crippen molar-refractivity contribution in [2.24, 2.45) is 0 Å². The summed E-state index contributed by atoms with van der Waals surface area (Å²) in [6.07, 6.45) is 2.29. The van der Waals surface area contributed by atoms with Crippen molar-refractivity contribution >= 4 is 9.84 Å². The zero-order valence-electron chi connectivity index (χ0n) is 8.16. The minimum Gasteiger partial charge on any atom is -0.447 e. The predicted molar refractivity (Wildman–Crippen MR) is 48.3 cm³/mol. The molecule has 0 N–H and O–H groups in total. The molecule has 1 heterocycles.